The summed E-state index contributed by atoms with van der Waals surface area (Å²) in [5.74, 6) is -2.06. The molecule has 2 aromatic rings. The minimum atomic E-state index is -2.06. The van der Waals surface area contributed by atoms with Gasteiger partial charge in [0.15, 0.2) is 54.3 Å². The zero-order valence-electron chi connectivity index (χ0n) is 34.1. The smallest absolute Gasteiger partial charge is 0.331 e. The zero-order chi connectivity index (χ0) is 46.4. The van der Waals surface area contributed by atoms with Gasteiger partial charge in [0, 0.05) is 6.08 Å². The van der Waals surface area contributed by atoms with Crippen LogP contribution in [-0.2, 0) is 53.8 Å². The van der Waals surface area contributed by atoms with Crippen molar-refractivity contribution in [3.63, 3.8) is 0 Å². The van der Waals surface area contributed by atoms with Crippen molar-refractivity contribution in [3.05, 3.63) is 53.6 Å². The Kier molecular flexibility index (Phi) is 17.1. The fourth-order valence-electron chi connectivity index (χ4n) is 7.25. The van der Waals surface area contributed by atoms with Crippen LogP contribution in [0.25, 0.3) is 6.08 Å². The van der Waals surface area contributed by atoms with E-state index < -0.39 is 155 Å². The van der Waals surface area contributed by atoms with Crippen LogP contribution in [0.15, 0.2) is 42.5 Å². The maximum absolute atomic E-state index is 13.8. The highest BCUT2D eigenvalue weighted by Crippen LogP contribution is 2.36. The molecule has 0 amide bonds. The Morgan fingerprint density at radius 2 is 1.28 bits per heavy atom. The number of aromatic hydroxyl groups is 3. The molecule has 0 aromatic heterocycles. The van der Waals surface area contributed by atoms with Gasteiger partial charge in [0.25, 0.3) is 0 Å². The summed E-state index contributed by atoms with van der Waals surface area (Å²) in [5.41, 5.74) is 0.806. The zero-order valence-corrected chi connectivity index (χ0v) is 34.1. The quantitative estimate of drug-likeness (QED) is 0.0427. The number of methoxy groups -OCH3 is 1. The number of esters is 1. The lowest BCUT2D eigenvalue weighted by Crippen LogP contribution is -2.67. The second-order valence-electron chi connectivity index (χ2n) is 15.4. The van der Waals surface area contributed by atoms with Gasteiger partial charge < -0.3 is 114 Å². The van der Waals surface area contributed by atoms with Gasteiger partial charge in [0.2, 0.25) is 0 Å². The highest BCUT2D eigenvalue weighted by molar-refractivity contribution is 5.87. The Morgan fingerprint density at radius 1 is 0.656 bits per heavy atom. The predicted octanol–water partition coefficient (Wildman–Crippen LogP) is -4.81. The lowest BCUT2D eigenvalue weighted by atomic mass is 9.96. The van der Waals surface area contributed by atoms with Gasteiger partial charge in [-0.1, -0.05) is 12.1 Å². The molecule has 0 radical (unpaired) electrons. The molecule has 13 N–H and O–H groups in total. The third kappa shape index (κ3) is 11.6. The molecule has 2 aromatic carbocycles. The molecular weight excluding hydrogens is 864 g/mol. The number of carbonyl (C=O) groups is 1. The lowest BCUT2D eigenvalue weighted by molar-refractivity contribution is -0.389. The Hall–Kier alpha value is -3.87. The van der Waals surface area contributed by atoms with Gasteiger partial charge >= 0.3 is 5.97 Å². The molecule has 18 atom stereocenters. The summed E-state index contributed by atoms with van der Waals surface area (Å²) in [7, 11) is 1.31. The normalized spacial score (nSPS) is 38.2. The van der Waals surface area contributed by atoms with Crippen LogP contribution in [0, 0.1) is 0 Å². The van der Waals surface area contributed by atoms with Gasteiger partial charge in [0.1, 0.15) is 79.4 Å². The van der Waals surface area contributed by atoms with Crippen molar-refractivity contribution in [2.45, 2.75) is 117 Å². The maximum Gasteiger partial charge on any atom is 0.331 e. The fourth-order valence-corrected chi connectivity index (χ4v) is 7.25. The van der Waals surface area contributed by atoms with E-state index in [1.807, 2.05) is 0 Å². The minimum absolute atomic E-state index is 0.0286. The number of phenolic OH excluding ortho intramolecular Hbond substituents is 3. The number of hydrogen-bond acceptors (Lipinski definition) is 24. The Balaban J connectivity index is 1.39. The van der Waals surface area contributed by atoms with E-state index >= 15 is 0 Å². The number of carbonyl (C=O) groups excluding carboxylic acids is 1. The SMILES string of the molecule is COc1cc(C=CC(=O)O[C@@H]2[C@@H](O[C@H]3O[C@@H](CO)[C@H](O)[C@@H](O)[C@@H]3O)[C@H](O[C@H]3OC[C@@H](O)[C@@H](O)[C@@H]3O)[C@@H](OCCc3ccc(O)c(O)c3)O[C@H]2CO[C@@H]2OC[C@@H](O)[C@H](O)[C@H]2O)ccc1O. The first-order valence-corrected chi connectivity index (χ1v) is 20.1. The molecule has 4 saturated heterocycles. The van der Waals surface area contributed by atoms with E-state index in [1.165, 1.54) is 49.6 Å². The predicted molar refractivity (Wildman–Crippen MR) is 207 cm³/mol. The summed E-state index contributed by atoms with van der Waals surface area (Å²) in [6.45, 7) is -2.90. The van der Waals surface area contributed by atoms with Gasteiger partial charge in [-0.2, -0.15) is 0 Å². The molecule has 24 nitrogen and oxygen atoms in total. The topological polar surface area (TPSA) is 372 Å². The number of rotatable bonds is 16. The number of hydrogen-bond donors (Lipinski definition) is 13. The molecule has 358 valence electrons. The van der Waals surface area contributed by atoms with Gasteiger partial charge in [0.05, 0.1) is 40.1 Å². The van der Waals surface area contributed by atoms with E-state index in [9.17, 15) is 71.2 Å². The van der Waals surface area contributed by atoms with E-state index in [2.05, 4.69) is 0 Å². The molecule has 0 bridgehead atoms. The van der Waals surface area contributed by atoms with E-state index in [0.29, 0.717) is 11.1 Å². The minimum Gasteiger partial charge on any atom is -0.504 e. The first kappa shape index (κ1) is 49.6. The average Bonchev–Trinajstić information content (AvgIpc) is 3.28. The number of ether oxygens (including phenoxy) is 10. The van der Waals surface area contributed by atoms with Gasteiger partial charge in [-0.3, -0.25) is 0 Å². The molecular formula is C40H54O24. The molecule has 4 aliphatic rings. The molecule has 24 heteroatoms. The van der Waals surface area contributed by atoms with Crippen LogP contribution >= 0.6 is 0 Å². The molecule has 6 rings (SSSR count). The van der Waals surface area contributed by atoms with Crippen molar-refractivity contribution < 1.29 is 119 Å². The second-order valence-corrected chi connectivity index (χ2v) is 15.4. The van der Waals surface area contributed by atoms with Crippen molar-refractivity contribution in [2.75, 3.05) is 40.1 Å². The first-order valence-electron chi connectivity index (χ1n) is 20.1. The molecule has 0 unspecified atom stereocenters. The first-order chi connectivity index (χ1) is 30.5. The third-order valence-corrected chi connectivity index (χ3v) is 10.9. The molecule has 4 heterocycles. The summed E-state index contributed by atoms with van der Waals surface area (Å²) in [6, 6.07) is 8.12. The standard InChI is InChI=1S/C40H54O24/c1-55-23-11-16(3-6-19(23)43)4-7-26(47)62-34-25(15-59-37-31(52)27(48)21(45)13-57-37)61-40(56-9-8-17-2-5-18(42)20(44)10-17)36(64-38-32(53)28(49)22(46)14-58-38)35(34)63-39-33(54)30(51)29(50)24(12-41)60-39/h2-7,10-11,21-22,24-25,27-46,48-54H,8-9,12-15H2,1H3/t21-,22-,24+,25+,27+,28-,29+,30-,31-,32+,33+,34+,35-,36+,37+,38-,39-,40+/m1/s1. The molecule has 0 spiro atoms. The molecule has 0 saturated carbocycles. The second kappa shape index (κ2) is 22.1. The lowest BCUT2D eigenvalue weighted by Gasteiger charge is -2.49. The van der Waals surface area contributed by atoms with Crippen LogP contribution in [0.3, 0.4) is 0 Å². The van der Waals surface area contributed by atoms with Crippen molar-refractivity contribution in [3.8, 4) is 23.0 Å². The number of aliphatic hydroxyl groups excluding tert-OH is 10. The van der Waals surface area contributed by atoms with Crippen molar-refractivity contribution in [1.29, 1.82) is 0 Å². The Labute approximate surface area is 364 Å². The fraction of sp³-hybridized carbons (Fsp3) is 0.625. The van der Waals surface area contributed by atoms with Crippen LogP contribution in [0.1, 0.15) is 11.1 Å². The number of benzene rings is 2. The maximum atomic E-state index is 13.8. The van der Waals surface area contributed by atoms with Crippen LogP contribution in [0.4, 0.5) is 0 Å². The van der Waals surface area contributed by atoms with Crippen molar-refractivity contribution in [2.24, 2.45) is 0 Å². The van der Waals surface area contributed by atoms with Crippen LogP contribution in [-0.4, -0.2) is 223 Å². The summed E-state index contributed by atoms with van der Waals surface area (Å²) in [5, 5.41) is 135. The van der Waals surface area contributed by atoms with Crippen LogP contribution < -0.4 is 4.74 Å². The molecule has 4 aliphatic heterocycles. The highest BCUT2D eigenvalue weighted by Gasteiger charge is 2.56. The van der Waals surface area contributed by atoms with Gasteiger partial charge in [-0.25, -0.2) is 4.79 Å². The van der Waals surface area contributed by atoms with E-state index in [-0.39, 0.29) is 24.5 Å². The summed E-state index contributed by atoms with van der Waals surface area (Å²) < 4.78 is 58.3. The van der Waals surface area contributed by atoms with E-state index in [0.717, 1.165) is 6.08 Å². The average molecular weight is 919 g/mol. The Bertz CT molecular complexity index is 1850. The monoisotopic (exact) mass is 918 g/mol. The summed E-state index contributed by atoms with van der Waals surface area (Å²) in [4.78, 5) is 13.8. The molecule has 0 aliphatic carbocycles. The van der Waals surface area contributed by atoms with Crippen LogP contribution in [0.2, 0.25) is 0 Å². The Morgan fingerprint density at radius 3 is 1.95 bits per heavy atom. The van der Waals surface area contributed by atoms with E-state index in [1.54, 1.807) is 0 Å². The third-order valence-electron chi connectivity index (χ3n) is 10.9. The van der Waals surface area contributed by atoms with Crippen molar-refractivity contribution in [1.82, 2.24) is 0 Å². The van der Waals surface area contributed by atoms with Gasteiger partial charge in [-0.05, 0) is 47.9 Å². The highest BCUT2D eigenvalue weighted by atomic mass is 16.8. The summed E-state index contributed by atoms with van der Waals surface area (Å²) in [6.07, 6.45) is -29.6. The largest absolute Gasteiger partial charge is 0.504 e. The van der Waals surface area contributed by atoms with Gasteiger partial charge in [-0.15, -0.1) is 0 Å². The number of phenols is 3. The summed E-state index contributed by atoms with van der Waals surface area (Å²) >= 11 is 0. The number of aliphatic hydroxyl groups is 10. The molecule has 64 heavy (non-hydrogen) atoms. The van der Waals surface area contributed by atoms with E-state index in [4.69, 9.17) is 47.4 Å². The van der Waals surface area contributed by atoms with Crippen LogP contribution in [0.5, 0.6) is 23.0 Å². The van der Waals surface area contributed by atoms with Crippen molar-refractivity contribution >= 4 is 12.0 Å². The molecule has 4 fully saturated rings.